The molecule has 0 saturated carbocycles. The number of rotatable bonds is 6. The average Bonchev–Trinajstić information content (AvgIpc) is 2.96. The highest BCUT2D eigenvalue weighted by atomic mass is 16.5. The number of aryl methyl sites for hydroxylation is 2. The molecule has 2 aromatic heterocycles. The highest BCUT2D eigenvalue weighted by molar-refractivity contribution is 5.81. The Balaban J connectivity index is 2.04. The van der Waals surface area contributed by atoms with Crippen molar-refractivity contribution >= 4 is 17.0 Å². The second-order valence-corrected chi connectivity index (χ2v) is 5.89. The quantitative estimate of drug-likeness (QED) is 0.553. The molecule has 6 nitrogen and oxygen atoms in total. The number of methoxy groups -OCH3 is 1. The highest BCUT2D eigenvalue weighted by Crippen LogP contribution is 2.24. The molecule has 0 unspecified atom stereocenters. The van der Waals surface area contributed by atoms with E-state index < -0.39 is 0 Å². The van der Waals surface area contributed by atoms with Gasteiger partial charge < -0.3 is 15.0 Å². The first-order valence-electron chi connectivity index (χ1n) is 8.16. The van der Waals surface area contributed by atoms with Crippen molar-refractivity contribution in [2.45, 2.75) is 32.7 Å². The molecule has 0 atom stereocenters. The molecule has 0 bridgehead atoms. The molecule has 0 spiro atoms. The van der Waals surface area contributed by atoms with Crippen molar-refractivity contribution in [3.05, 3.63) is 41.5 Å². The molecule has 0 aliphatic heterocycles. The third-order valence-corrected chi connectivity index (χ3v) is 4.25. The van der Waals surface area contributed by atoms with Gasteiger partial charge in [-0.05, 0) is 36.6 Å². The van der Waals surface area contributed by atoms with E-state index in [0.717, 1.165) is 35.8 Å². The molecule has 1 aromatic carbocycles. The Hall–Kier alpha value is -3.07. The molecule has 0 aliphatic rings. The predicted octanol–water partition coefficient (Wildman–Crippen LogP) is 2.73. The molecule has 0 amide bonds. The summed E-state index contributed by atoms with van der Waals surface area (Å²) >= 11 is 0. The SMILES string of the molecule is C#CCCCn1c(Cc2cc(OC)ccc2C)nc2c(N)ncnc21. The minimum absolute atomic E-state index is 0.393. The molecule has 2 heterocycles. The lowest BCUT2D eigenvalue weighted by Gasteiger charge is -2.11. The van der Waals surface area contributed by atoms with Crippen LogP contribution in [0.15, 0.2) is 24.5 Å². The van der Waals surface area contributed by atoms with Gasteiger partial charge in [0.1, 0.15) is 17.9 Å². The van der Waals surface area contributed by atoms with Gasteiger partial charge in [0.05, 0.1) is 7.11 Å². The molecule has 2 N–H and O–H groups in total. The fourth-order valence-corrected chi connectivity index (χ4v) is 2.84. The average molecular weight is 335 g/mol. The molecule has 0 fully saturated rings. The topological polar surface area (TPSA) is 78.9 Å². The number of imidazole rings is 1. The van der Waals surface area contributed by atoms with Crippen LogP contribution in [0.1, 0.15) is 29.8 Å². The lowest BCUT2D eigenvalue weighted by Crippen LogP contribution is -2.06. The van der Waals surface area contributed by atoms with Gasteiger partial charge in [0.25, 0.3) is 0 Å². The van der Waals surface area contributed by atoms with Crippen molar-refractivity contribution < 1.29 is 4.74 Å². The zero-order valence-electron chi connectivity index (χ0n) is 14.5. The number of terminal acetylenes is 1. The third-order valence-electron chi connectivity index (χ3n) is 4.25. The van der Waals surface area contributed by atoms with Crippen LogP contribution in [0.5, 0.6) is 5.75 Å². The molecule has 25 heavy (non-hydrogen) atoms. The Morgan fingerprint density at radius 3 is 2.92 bits per heavy atom. The van der Waals surface area contributed by atoms with Gasteiger partial charge in [0.2, 0.25) is 0 Å². The van der Waals surface area contributed by atoms with Crippen molar-refractivity contribution in [3.8, 4) is 18.1 Å². The number of nitrogens with zero attached hydrogens (tertiary/aromatic N) is 4. The largest absolute Gasteiger partial charge is 0.497 e. The van der Waals surface area contributed by atoms with E-state index in [9.17, 15) is 0 Å². The van der Waals surface area contributed by atoms with E-state index in [1.165, 1.54) is 11.9 Å². The highest BCUT2D eigenvalue weighted by Gasteiger charge is 2.16. The summed E-state index contributed by atoms with van der Waals surface area (Å²) in [6, 6.07) is 6.04. The fraction of sp³-hybridized carbons (Fsp3) is 0.316. The molecular weight excluding hydrogens is 314 g/mol. The number of benzene rings is 1. The van der Waals surface area contributed by atoms with Gasteiger partial charge in [-0.25, -0.2) is 15.0 Å². The van der Waals surface area contributed by atoms with Crippen LogP contribution >= 0.6 is 0 Å². The molecular formula is C19H21N5O. The number of nitrogen functional groups attached to an aromatic ring is 1. The summed E-state index contributed by atoms with van der Waals surface area (Å²) in [6.07, 6.45) is 9.08. The minimum Gasteiger partial charge on any atom is -0.497 e. The van der Waals surface area contributed by atoms with Gasteiger partial charge in [0.15, 0.2) is 17.0 Å². The monoisotopic (exact) mass is 335 g/mol. The van der Waals surface area contributed by atoms with Crippen molar-refractivity contribution in [2.75, 3.05) is 12.8 Å². The van der Waals surface area contributed by atoms with E-state index in [1.54, 1.807) is 7.11 Å². The van der Waals surface area contributed by atoms with Crippen LogP contribution in [0.4, 0.5) is 5.82 Å². The summed E-state index contributed by atoms with van der Waals surface area (Å²) in [5, 5.41) is 0. The van der Waals surface area contributed by atoms with Crippen LogP contribution in [0, 0.1) is 19.3 Å². The van der Waals surface area contributed by atoms with Gasteiger partial charge in [-0.1, -0.05) is 6.07 Å². The van der Waals surface area contributed by atoms with Gasteiger partial charge in [-0.3, -0.25) is 0 Å². The Labute approximate surface area is 147 Å². The van der Waals surface area contributed by atoms with Crippen molar-refractivity contribution in [2.24, 2.45) is 0 Å². The minimum atomic E-state index is 0.393. The summed E-state index contributed by atoms with van der Waals surface area (Å²) < 4.78 is 7.43. The number of aromatic nitrogens is 4. The second kappa shape index (κ2) is 7.22. The van der Waals surface area contributed by atoms with Crippen molar-refractivity contribution in [3.63, 3.8) is 0 Å². The first-order valence-corrected chi connectivity index (χ1v) is 8.16. The van der Waals surface area contributed by atoms with E-state index in [2.05, 4.69) is 27.4 Å². The number of anilines is 1. The van der Waals surface area contributed by atoms with Crippen LogP contribution in [0.25, 0.3) is 11.2 Å². The van der Waals surface area contributed by atoms with Crippen LogP contribution in [0.2, 0.25) is 0 Å². The number of unbranched alkanes of at least 4 members (excludes halogenated alkanes) is 1. The standard InChI is InChI=1S/C19H21N5O/c1-4-5-6-9-24-16(23-17-18(20)21-12-22-19(17)24)11-14-10-15(25-3)8-7-13(14)2/h1,7-8,10,12H,5-6,9,11H2,2-3H3,(H2,20,21,22). The Morgan fingerprint density at radius 1 is 1.32 bits per heavy atom. The number of fused-ring (bicyclic) bond motifs is 1. The molecule has 6 heteroatoms. The van der Waals surface area contributed by atoms with Crippen molar-refractivity contribution in [1.82, 2.24) is 19.5 Å². The molecule has 0 aliphatic carbocycles. The first-order chi connectivity index (χ1) is 12.1. The second-order valence-electron chi connectivity index (χ2n) is 5.89. The maximum Gasteiger partial charge on any atom is 0.165 e. The Kier molecular flexibility index (Phi) is 4.85. The Morgan fingerprint density at radius 2 is 2.16 bits per heavy atom. The van der Waals surface area contributed by atoms with Crippen LogP contribution in [0.3, 0.4) is 0 Å². The Bertz CT molecular complexity index is 939. The molecule has 3 aromatic rings. The molecule has 0 radical (unpaired) electrons. The summed E-state index contributed by atoms with van der Waals surface area (Å²) in [4.78, 5) is 13.1. The molecule has 3 rings (SSSR count). The number of nitrogens with two attached hydrogens (primary N) is 1. The first kappa shape index (κ1) is 16.8. The lowest BCUT2D eigenvalue weighted by atomic mass is 10.0. The van der Waals surface area contributed by atoms with Crippen LogP contribution < -0.4 is 10.5 Å². The van der Waals surface area contributed by atoms with Gasteiger partial charge in [0, 0.05) is 19.4 Å². The van der Waals surface area contributed by atoms with E-state index >= 15 is 0 Å². The number of ether oxygens (including phenoxy) is 1. The van der Waals surface area contributed by atoms with Crippen LogP contribution in [-0.4, -0.2) is 26.6 Å². The summed E-state index contributed by atoms with van der Waals surface area (Å²) in [5.41, 5.74) is 9.71. The van der Waals surface area contributed by atoms with E-state index in [0.29, 0.717) is 24.2 Å². The summed E-state index contributed by atoms with van der Waals surface area (Å²) in [5.74, 6) is 4.80. The fourth-order valence-electron chi connectivity index (χ4n) is 2.84. The predicted molar refractivity (Wildman–Crippen MR) is 98.3 cm³/mol. The summed E-state index contributed by atoms with van der Waals surface area (Å²) in [6.45, 7) is 2.82. The molecule has 0 saturated heterocycles. The smallest absolute Gasteiger partial charge is 0.165 e. The van der Waals surface area contributed by atoms with E-state index in [1.807, 2.05) is 18.2 Å². The third kappa shape index (κ3) is 3.41. The van der Waals surface area contributed by atoms with E-state index in [4.69, 9.17) is 21.9 Å². The van der Waals surface area contributed by atoms with Gasteiger partial charge >= 0.3 is 0 Å². The number of hydrogen-bond donors (Lipinski definition) is 1. The van der Waals surface area contributed by atoms with Crippen molar-refractivity contribution in [1.29, 1.82) is 0 Å². The molecule has 128 valence electrons. The summed E-state index contributed by atoms with van der Waals surface area (Å²) in [7, 11) is 1.67. The zero-order chi connectivity index (χ0) is 17.8. The lowest BCUT2D eigenvalue weighted by molar-refractivity contribution is 0.414. The number of hydrogen-bond acceptors (Lipinski definition) is 5. The maximum absolute atomic E-state index is 5.98. The van der Waals surface area contributed by atoms with Gasteiger partial charge in [-0.2, -0.15) is 0 Å². The van der Waals surface area contributed by atoms with Gasteiger partial charge in [-0.15, -0.1) is 12.3 Å². The zero-order valence-corrected chi connectivity index (χ0v) is 14.5. The van der Waals surface area contributed by atoms with Crippen LogP contribution in [-0.2, 0) is 13.0 Å². The van der Waals surface area contributed by atoms with E-state index in [-0.39, 0.29) is 0 Å². The maximum atomic E-state index is 5.98. The normalized spacial score (nSPS) is 10.8.